The van der Waals surface area contributed by atoms with Gasteiger partial charge < -0.3 is 5.11 Å². The van der Waals surface area contributed by atoms with E-state index in [9.17, 15) is 18.3 Å². The molecule has 0 aromatic heterocycles. The Morgan fingerprint density at radius 2 is 1.81 bits per heavy atom. The molecule has 0 aromatic rings. The molecule has 3 unspecified atom stereocenters. The van der Waals surface area contributed by atoms with Crippen molar-refractivity contribution in [3.63, 3.8) is 0 Å². The van der Waals surface area contributed by atoms with E-state index in [0.717, 1.165) is 0 Å². The molecule has 0 amide bonds. The molecule has 0 spiro atoms. The van der Waals surface area contributed by atoms with Gasteiger partial charge in [0.05, 0.1) is 11.7 Å². The van der Waals surface area contributed by atoms with Gasteiger partial charge in [-0.05, 0) is 29.6 Å². The number of hydrogen-bond donors (Lipinski definition) is 2. The standard InChI is InChI=1S/C15H29NO4S/c1-10-12(16-21(19,20)9-14(2,3)4)8-7-11(13(17)18)15(10,5)6/h10-12,16H,7-9H2,1-6H3,(H,17,18). The largest absolute Gasteiger partial charge is 0.481 e. The maximum atomic E-state index is 12.3. The van der Waals surface area contributed by atoms with Crippen molar-refractivity contribution in [2.45, 2.75) is 60.4 Å². The molecule has 1 saturated carbocycles. The lowest BCUT2D eigenvalue weighted by molar-refractivity contribution is -0.150. The number of carbonyl (C=O) groups is 1. The summed E-state index contributed by atoms with van der Waals surface area (Å²) in [5, 5.41) is 9.32. The van der Waals surface area contributed by atoms with Gasteiger partial charge in [-0.2, -0.15) is 0 Å². The van der Waals surface area contributed by atoms with Crippen LogP contribution in [0.25, 0.3) is 0 Å². The third-order valence-corrected chi connectivity index (χ3v) is 6.60. The van der Waals surface area contributed by atoms with E-state index in [0.29, 0.717) is 12.8 Å². The topological polar surface area (TPSA) is 83.5 Å². The van der Waals surface area contributed by atoms with Crippen LogP contribution in [0.2, 0.25) is 0 Å². The summed E-state index contributed by atoms with van der Waals surface area (Å²) in [5.74, 6) is -1.16. The SMILES string of the molecule is CC1C(NS(=O)(=O)CC(C)(C)C)CCC(C(=O)O)C1(C)C. The predicted octanol–water partition coefficient (Wildman–Crippen LogP) is 2.48. The lowest BCUT2D eigenvalue weighted by atomic mass is 9.61. The Labute approximate surface area is 128 Å². The smallest absolute Gasteiger partial charge is 0.307 e. The molecule has 0 aliphatic heterocycles. The molecule has 0 bridgehead atoms. The monoisotopic (exact) mass is 319 g/mol. The Morgan fingerprint density at radius 1 is 1.29 bits per heavy atom. The second-order valence-electron chi connectivity index (χ2n) is 8.12. The summed E-state index contributed by atoms with van der Waals surface area (Å²) in [6, 6.07) is -0.192. The van der Waals surface area contributed by atoms with Crippen LogP contribution in [0.4, 0.5) is 0 Å². The highest BCUT2D eigenvalue weighted by Crippen LogP contribution is 2.45. The summed E-state index contributed by atoms with van der Waals surface area (Å²) >= 11 is 0. The normalized spacial score (nSPS) is 30.1. The molecule has 1 rings (SSSR count). The summed E-state index contributed by atoms with van der Waals surface area (Å²) in [7, 11) is -3.36. The van der Waals surface area contributed by atoms with Crippen molar-refractivity contribution in [2.75, 3.05) is 5.75 Å². The lowest BCUT2D eigenvalue weighted by Crippen LogP contribution is -2.53. The van der Waals surface area contributed by atoms with E-state index in [4.69, 9.17) is 0 Å². The molecule has 1 aliphatic carbocycles. The summed E-state index contributed by atoms with van der Waals surface area (Å²) in [5.41, 5.74) is -0.734. The fourth-order valence-corrected chi connectivity index (χ4v) is 5.26. The first-order valence-corrected chi connectivity index (χ1v) is 9.14. The highest BCUT2D eigenvalue weighted by Gasteiger charge is 2.47. The minimum Gasteiger partial charge on any atom is -0.481 e. The molecule has 124 valence electrons. The molecule has 1 aliphatic rings. The average Bonchev–Trinajstić information content (AvgIpc) is 2.20. The first-order valence-electron chi connectivity index (χ1n) is 7.49. The third-order valence-electron chi connectivity index (χ3n) is 4.69. The molecule has 21 heavy (non-hydrogen) atoms. The van der Waals surface area contributed by atoms with E-state index < -0.39 is 27.3 Å². The number of carboxylic acids is 1. The van der Waals surface area contributed by atoms with Crippen LogP contribution in [0, 0.1) is 22.7 Å². The Bertz CT molecular complexity index is 490. The van der Waals surface area contributed by atoms with Crippen molar-refractivity contribution in [3.8, 4) is 0 Å². The molecular weight excluding hydrogens is 290 g/mol. The molecule has 0 radical (unpaired) electrons. The Morgan fingerprint density at radius 3 is 2.24 bits per heavy atom. The zero-order valence-electron chi connectivity index (χ0n) is 13.9. The summed E-state index contributed by atoms with van der Waals surface area (Å²) < 4.78 is 27.3. The van der Waals surface area contributed by atoms with Crippen molar-refractivity contribution >= 4 is 16.0 Å². The van der Waals surface area contributed by atoms with E-state index >= 15 is 0 Å². The zero-order chi connectivity index (χ0) is 16.6. The molecular formula is C15H29NO4S. The summed E-state index contributed by atoms with van der Waals surface area (Å²) in [4.78, 5) is 11.4. The van der Waals surface area contributed by atoms with Crippen LogP contribution in [0.1, 0.15) is 54.4 Å². The molecule has 1 fully saturated rings. The van der Waals surface area contributed by atoms with Crippen LogP contribution < -0.4 is 4.72 Å². The van der Waals surface area contributed by atoms with Crippen LogP contribution in [-0.4, -0.2) is 31.3 Å². The first kappa shape index (κ1) is 18.4. The fourth-order valence-electron chi connectivity index (χ4n) is 3.25. The fraction of sp³-hybridized carbons (Fsp3) is 0.933. The van der Waals surface area contributed by atoms with E-state index in [1.807, 2.05) is 41.5 Å². The summed E-state index contributed by atoms with van der Waals surface area (Å²) in [6.07, 6.45) is 1.08. The van der Waals surface area contributed by atoms with E-state index in [1.165, 1.54) is 0 Å². The molecule has 0 aromatic carbocycles. The van der Waals surface area contributed by atoms with E-state index in [1.54, 1.807) is 0 Å². The van der Waals surface area contributed by atoms with Gasteiger partial charge in [0.15, 0.2) is 0 Å². The van der Waals surface area contributed by atoms with Crippen molar-refractivity contribution in [1.29, 1.82) is 0 Å². The zero-order valence-corrected chi connectivity index (χ0v) is 14.8. The van der Waals surface area contributed by atoms with Gasteiger partial charge in [0.2, 0.25) is 10.0 Å². The lowest BCUT2D eigenvalue weighted by Gasteiger charge is -2.46. The van der Waals surface area contributed by atoms with Gasteiger partial charge >= 0.3 is 5.97 Å². The maximum Gasteiger partial charge on any atom is 0.307 e. The number of carboxylic acid groups (broad SMARTS) is 1. The molecule has 5 nitrogen and oxygen atoms in total. The van der Waals surface area contributed by atoms with Crippen LogP contribution in [-0.2, 0) is 14.8 Å². The first-order chi connectivity index (χ1) is 9.26. The van der Waals surface area contributed by atoms with Crippen molar-refractivity contribution in [3.05, 3.63) is 0 Å². The van der Waals surface area contributed by atoms with Gasteiger partial charge in [0.25, 0.3) is 0 Å². The molecule has 0 heterocycles. The molecule has 6 heteroatoms. The Balaban J connectivity index is 2.86. The maximum absolute atomic E-state index is 12.3. The number of aliphatic carboxylic acids is 1. The second-order valence-corrected chi connectivity index (χ2v) is 9.88. The Kier molecular flexibility index (Phi) is 5.16. The number of hydrogen-bond acceptors (Lipinski definition) is 3. The second kappa shape index (κ2) is 5.88. The third kappa shape index (κ3) is 4.68. The highest BCUT2D eigenvalue weighted by molar-refractivity contribution is 7.89. The van der Waals surface area contributed by atoms with Gasteiger partial charge in [-0.1, -0.05) is 41.5 Å². The van der Waals surface area contributed by atoms with E-state index in [2.05, 4.69) is 4.72 Å². The predicted molar refractivity (Wildman–Crippen MR) is 83.5 cm³/mol. The average molecular weight is 319 g/mol. The van der Waals surface area contributed by atoms with Gasteiger partial charge in [-0.3, -0.25) is 4.79 Å². The van der Waals surface area contributed by atoms with Crippen LogP contribution in [0.15, 0.2) is 0 Å². The van der Waals surface area contributed by atoms with Crippen LogP contribution in [0.5, 0.6) is 0 Å². The minimum absolute atomic E-state index is 0.0258. The molecule has 2 N–H and O–H groups in total. The van der Waals surface area contributed by atoms with Gasteiger partial charge in [-0.15, -0.1) is 0 Å². The Hall–Kier alpha value is -0.620. The summed E-state index contributed by atoms with van der Waals surface area (Å²) in [6.45, 7) is 11.4. The molecule has 3 atom stereocenters. The van der Waals surface area contributed by atoms with Crippen molar-refractivity contribution in [2.24, 2.45) is 22.7 Å². The number of rotatable bonds is 4. The number of nitrogens with one attached hydrogen (secondary N) is 1. The van der Waals surface area contributed by atoms with Gasteiger partial charge in [0.1, 0.15) is 0 Å². The van der Waals surface area contributed by atoms with E-state index in [-0.39, 0.29) is 23.1 Å². The van der Waals surface area contributed by atoms with Crippen LogP contribution in [0.3, 0.4) is 0 Å². The number of sulfonamides is 1. The highest BCUT2D eigenvalue weighted by atomic mass is 32.2. The van der Waals surface area contributed by atoms with Gasteiger partial charge in [-0.25, -0.2) is 13.1 Å². The van der Waals surface area contributed by atoms with Crippen molar-refractivity contribution in [1.82, 2.24) is 4.72 Å². The van der Waals surface area contributed by atoms with Gasteiger partial charge in [0, 0.05) is 6.04 Å². The minimum atomic E-state index is -3.36. The van der Waals surface area contributed by atoms with Crippen molar-refractivity contribution < 1.29 is 18.3 Å². The quantitative estimate of drug-likeness (QED) is 0.834. The van der Waals surface area contributed by atoms with Crippen LogP contribution >= 0.6 is 0 Å². The molecule has 0 saturated heterocycles.